The molecule has 1 saturated carbocycles. The second kappa shape index (κ2) is 2.70. The first-order chi connectivity index (χ1) is 7.20. The van der Waals surface area contributed by atoms with Gasteiger partial charge in [0.15, 0.2) is 5.84 Å². The van der Waals surface area contributed by atoms with Crippen molar-refractivity contribution in [3.63, 3.8) is 0 Å². The smallest absolute Gasteiger partial charge is 0.202 e. The van der Waals surface area contributed by atoms with Crippen molar-refractivity contribution in [3.8, 4) is 0 Å². The van der Waals surface area contributed by atoms with Crippen LogP contribution in [-0.4, -0.2) is 23.1 Å². The number of nitrogens with two attached hydrogens (primary N) is 1. The van der Waals surface area contributed by atoms with Crippen LogP contribution in [0.5, 0.6) is 0 Å². The summed E-state index contributed by atoms with van der Waals surface area (Å²) in [5.41, 5.74) is 8.12. The minimum atomic E-state index is 0.438. The quantitative estimate of drug-likeness (QED) is 0.704. The fourth-order valence-electron chi connectivity index (χ4n) is 2.14. The summed E-state index contributed by atoms with van der Waals surface area (Å²) in [6.45, 7) is 0. The largest absolute Gasteiger partial charge is 0.379 e. The minimum absolute atomic E-state index is 0.438. The first-order valence-electron chi connectivity index (χ1n) is 5.14. The Balaban J connectivity index is 2.07. The number of hydrogen-bond acceptors (Lipinski definition) is 3. The van der Waals surface area contributed by atoms with Gasteiger partial charge in [0.25, 0.3) is 0 Å². The van der Waals surface area contributed by atoms with E-state index in [1.807, 2.05) is 12.3 Å². The molecule has 78 valence electrons. The monoisotopic (exact) mass is 204 g/mol. The number of aromatic amines is 1. The van der Waals surface area contributed by atoms with E-state index in [0.717, 1.165) is 5.69 Å². The Morgan fingerprint density at radius 2 is 2.33 bits per heavy atom. The molecule has 1 unspecified atom stereocenters. The molecule has 1 atom stereocenters. The fraction of sp³-hybridized carbons (Fsp3) is 0.400. The molecule has 15 heavy (non-hydrogen) atoms. The maximum absolute atomic E-state index is 5.80. The molecular weight excluding hydrogens is 190 g/mol. The van der Waals surface area contributed by atoms with Crippen LogP contribution in [-0.2, 0) is 0 Å². The van der Waals surface area contributed by atoms with Crippen LogP contribution >= 0.6 is 0 Å². The van der Waals surface area contributed by atoms with Crippen molar-refractivity contribution in [1.29, 1.82) is 0 Å². The Morgan fingerprint density at radius 3 is 2.93 bits per heavy atom. The summed E-state index contributed by atoms with van der Waals surface area (Å²) in [5, 5.41) is 11.3. The maximum atomic E-state index is 5.80. The van der Waals surface area contributed by atoms with Crippen LogP contribution < -0.4 is 10.3 Å². The molecule has 3 N–H and O–H groups in total. The van der Waals surface area contributed by atoms with Crippen molar-refractivity contribution >= 4 is 11.5 Å². The van der Waals surface area contributed by atoms with E-state index in [-0.39, 0.29) is 0 Å². The molecule has 2 aliphatic rings. The normalized spacial score (nSPS) is 30.2. The SMILES string of the molecule is C[N+]1(c2cn[nH]c2)N=C(N)C=C1C1CC1. The summed E-state index contributed by atoms with van der Waals surface area (Å²) in [4.78, 5) is 0. The highest BCUT2D eigenvalue weighted by molar-refractivity contribution is 5.95. The predicted molar refractivity (Wildman–Crippen MR) is 58.7 cm³/mol. The molecule has 0 bridgehead atoms. The molecule has 1 aromatic heterocycles. The van der Waals surface area contributed by atoms with E-state index in [9.17, 15) is 0 Å². The van der Waals surface area contributed by atoms with Gasteiger partial charge in [0.1, 0.15) is 18.9 Å². The highest BCUT2D eigenvalue weighted by Crippen LogP contribution is 2.44. The van der Waals surface area contributed by atoms with E-state index >= 15 is 0 Å². The third-order valence-corrected chi connectivity index (χ3v) is 3.10. The highest BCUT2D eigenvalue weighted by Gasteiger charge is 2.45. The second-order valence-corrected chi connectivity index (χ2v) is 4.28. The van der Waals surface area contributed by atoms with Crippen molar-refractivity contribution in [2.75, 3.05) is 7.05 Å². The van der Waals surface area contributed by atoms with Crippen molar-refractivity contribution in [3.05, 3.63) is 24.2 Å². The molecule has 1 aliphatic carbocycles. The van der Waals surface area contributed by atoms with Crippen LogP contribution in [0.2, 0.25) is 0 Å². The zero-order valence-corrected chi connectivity index (χ0v) is 8.64. The van der Waals surface area contributed by atoms with Crippen LogP contribution in [0.3, 0.4) is 0 Å². The lowest BCUT2D eigenvalue weighted by Crippen LogP contribution is -2.36. The molecule has 0 saturated heterocycles. The van der Waals surface area contributed by atoms with Gasteiger partial charge < -0.3 is 5.73 Å². The fourth-order valence-corrected chi connectivity index (χ4v) is 2.14. The third-order valence-electron chi connectivity index (χ3n) is 3.10. The summed E-state index contributed by atoms with van der Waals surface area (Å²) >= 11 is 0. The van der Waals surface area contributed by atoms with Gasteiger partial charge in [0.05, 0.1) is 6.20 Å². The van der Waals surface area contributed by atoms with Gasteiger partial charge in [-0.25, -0.2) is 0 Å². The second-order valence-electron chi connectivity index (χ2n) is 4.28. The average molecular weight is 204 g/mol. The third kappa shape index (κ3) is 1.20. The van der Waals surface area contributed by atoms with E-state index in [1.165, 1.54) is 18.5 Å². The Morgan fingerprint density at radius 1 is 1.53 bits per heavy atom. The summed E-state index contributed by atoms with van der Waals surface area (Å²) in [6, 6.07) is 0. The zero-order valence-electron chi connectivity index (χ0n) is 8.64. The zero-order chi connectivity index (χ0) is 10.5. The molecule has 0 spiro atoms. The van der Waals surface area contributed by atoms with Gasteiger partial charge in [-0.3, -0.25) is 5.10 Å². The standard InChI is InChI=1S/C10H14N5/c1-15(8-5-12-13-6-8)9(7-2-3-7)4-10(11)14-15/h4-7H,2-3H2,1H3,(H2,11,14)(H,12,13)/q+1. The molecule has 3 rings (SSSR count). The molecule has 5 nitrogen and oxygen atoms in total. The number of aromatic nitrogens is 2. The van der Waals surface area contributed by atoms with Gasteiger partial charge in [-0.1, -0.05) is 5.10 Å². The number of nitrogens with zero attached hydrogens (tertiary/aromatic N) is 3. The Hall–Kier alpha value is -1.62. The first kappa shape index (κ1) is 8.67. The summed E-state index contributed by atoms with van der Waals surface area (Å²) in [6.07, 6.45) is 8.18. The Kier molecular flexibility index (Phi) is 1.56. The number of rotatable bonds is 2. The lowest BCUT2D eigenvalue weighted by Gasteiger charge is -2.23. The topological polar surface area (TPSA) is 67.1 Å². The Bertz CT molecular complexity index is 440. The molecule has 5 heteroatoms. The van der Waals surface area contributed by atoms with Crippen LogP contribution in [0.1, 0.15) is 12.8 Å². The Labute approximate surface area is 87.9 Å². The lowest BCUT2D eigenvalue weighted by atomic mass is 10.2. The van der Waals surface area contributed by atoms with Gasteiger partial charge in [-0.15, -0.1) is 4.59 Å². The number of H-pyrrole nitrogens is 1. The predicted octanol–water partition coefficient (Wildman–Crippen LogP) is 0.926. The molecule has 0 radical (unpaired) electrons. The molecule has 2 heterocycles. The summed E-state index contributed by atoms with van der Waals surface area (Å²) < 4.78 is 0.438. The lowest BCUT2D eigenvalue weighted by molar-refractivity contribution is 0.420. The van der Waals surface area contributed by atoms with Crippen molar-refractivity contribution in [1.82, 2.24) is 14.8 Å². The molecule has 0 amide bonds. The van der Waals surface area contributed by atoms with Crippen LogP contribution in [0.15, 0.2) is 29.3 Å². The van der Waals surface area contributed by atoms with E-state index < -0.39 is 0 Å². The van der Waals surface area contributed by atoms with Crippen molar-refractivity contribution < 1.29 is 0 Å². The van der Waals surface area contributed by atoms with Gasteiger partial charge in [-0.2, -0.15) is 5.10 Å². The molecule has 1 fully saturated rings. The first-order valence-corrected chi connectivity index (χ1v) is 5.14. The average Bonchev–Trinajstić information content (AvgIpc) is 2.77. The number of hydrogen-bond donors (Lipinski definition) is 2. The summed E-state index contributed by atoms with van der Waals surface area (Å²) in [7, 11) is 2.05. The summed E-state index contributed by atoms with van der Waals surface area (Å²) in [5.74, 6) is 1.26. The molecule has 0 aromatic carbocycles. The van der Waals surface area contributed by atoms with E-state index in [2.05, 4.69) is 22.3 Å². The number of amidine groups is 1. The number of nitrogens with one attached hydrogen (secondary N) is 1. The van der Waals surface area contributed by atoms with Gasteiger partial charge in [0, 0.05) is 12.0 Å². The molecular formula is C10H14N5+. The van der Waals surface area contributed by atoms with Crippen LogP contribution in [0.25, 0.3) is 0 Å². The van der Waals surface area contributed by atoms with Gasteiger partial charge in [-0.05, 0) is 12.8 Å². The molecule has 1 aromatic rings. The minimum Gasteiger partial charge on any atom is -0.379 e. The van der Waals surface area contributed by atoms with Crippen LogP contribution in [0.4, 0.5) is 5.69 Å². The van der Waals surface area contributed by atoms with E-state index in [4.69, 9.17) is 5.73 Å². The maximum Gasteiger partial charge on any atom is 0.202 e. The highest BCUT2D eigenvalue weighted by atomic mass is 15.6. The van der Waals surface area contributed by atoms with Gasteiger partial charge >= 0.3 is 0 Å². The molecule has 1 aliphatic heterocycles. The van der Waals surface area contributed by atoms with Gasteiger partial charge in [0.2, 0.25) is 5.69 Å². The number of quaternary nitrogens is 1. The van der Waals surface area contributed by atoms with Crippen LogP contribution in [0, 0.1) is 5.92 Å². The number of allylic oxidation sites excluding steroid dienone is 1. The van der Waals surface area contributed by atoms with E-state index in [0.29, 0.717) is 16.3 Å². The van der Waals surface area contributed by atoms with Crippen molar-refractivity contribution in [2.45, 2.75) is 12.8 Å². The van der Waals surface area contributed by atoms with E-state index in [1.54, 1.807) is 6.20 Å². The van der Waals surface area contributed by atoms with Crippen molar-refractivity contribution in [2.24, 2.45) is 16.8 Å².